The zero-order valence-electron chi connectivity index (χ0n) is 6.20. The van der Waals surface area contributed by atoms with Gasteiger partial charge in [-0.25, -0.2) is 0 Å². The second kappa shape index (κ2) is 5.51. The molecule has 0 heterocycles. The molecule has 0 aromatic carbocycles. The lowest BCUT2D eigenvalue weighted by Crippen LogP contribution is -1.99. The van der Waals surface area contributed by atoms with Crippen LogP contribution in [0.15, 0.2) is 23.8 Å². The van der Waals surface area contributed by atoms with Crippen LogP contribution in [-0.4, -0.2) is 6.54 Å². The van der Waals surface area contributed by atoms with Gasteiger partial charge in [-0.2, -0.15) is 0 Å². The van der Waals surface area contributed by atoms with Crippen molar-refractivity contribution >= 4 is 11.6 Å². The monoisotopic (exact) mass is 159 g/mol. The smallest absolute Gasteiger partial charge is 0.0112 e. The molecule has 0 aliphatic carbocycles. The van der Waals surface area contributed by atoms with Crippen molar-refractivity contribution in [1.82, 2.24) is 0 Å². The summed E-state index contributed by atoms with van der Waals surface area (Å²) < 4.78 is 0. The highest BCUT2D eigenvalue weighted by molar-refractivity contribution is 6.29. The fourth-order valence-electron chi connectivity index (χ4n) is 0.642. The zero-order chi connectivity index (χ0) is 7.98. The number of hydrogen-bond donors (Lipinski definition) is 1. The molecule has 10 heavy (non-hydrogen) atoms. The van der Waals surface area contributed by atoms with E-state index in [9.17, 15) is 0 Å². The third-order valence-corrected chi connectivity index (χ3v) is 1.44. The van der Waals surface area contributed by atoms with Crippen molar-refractivity contribution in [3.8, 4) is 0 Å². The first-order chi connectivity index (χ1) is 4.66. The summed E-state index contributed by atoms with van der Waals surface area (Å²) in [5.74, 6) is 0. The average molecular weight is 160 g/mol. The van der Waals surface area contributed by atoms with E-state index < -0.39 is 0 Å². The second-order valence-corrected chi connectivity index (χ2v) is 2.84. The van der Waals surface area contributed by atoms with Gasteiger partial charge in [0.15, 0.2) is 0 Å². The van der Waals surface area contributed by atoms with Gasteiger partial charge in [0.1, 0.15) is 0 Å². The van der Waals surface area contributed by atoms with Crippen molar-refractivity contribution in [3.63, 3.8) is 0 Å². The van der Waals surface area contributed by atoms with Crippen LogP contribution in [0.1, 0.15) is 19.3 Å². The summed E-state index contributed by atoms with van der Waals surface area (Å²) >= 11 is 5.56. The van der Waals surface area contributed by atoms with E-state index in [1.54, 1.807) is 0 Å². The lowest BCUT2D eigenvalue weighted by molar-refractivity contribution is 0.857. The third-order valence-electron chi connectivity index (χ3n) is 1.25. The highest BCUT2D eigenvalue weighted by atomic mass is 35.5. The molecule has 0 aromatic heterocycles. The lowest BCUT2D eigenvalue weighted by Gasteiger charge is -2.00. The fraction of sp³-hybridized carbons (Fsp3) is 0.500. The molecule has 2 heteroatoms. The van der Waals surface area contributed by atoms with E-state index in [1.807, 2.05) is 0 Å². The van der Waals surface area contributed by atoms with Crippen LogP contribution in [0.2, 0.25) is 0 Å². The average Bonchev–Trinajstić information content (AvgIpc) is 1.85. The molecule has 0 radical (unpaired) electrons. The normalized spacial score (nSPS) is 9.40. The summed E-state index contributed by atoms with van der Waals surface area (Å²) in [6.07, 6.45) is 2.63. The zero-order valence-corrected chi connectivity index (χ0v) is 6.95. The molecule has 2 N–H and O–H groups in total. The Morgan fingerprint density at radius 3 is 2.20 bits per heavy atom. The molecule has 0 rings (SSSR count). The second-order valence-electron chi connectivity index (χ2n) is 2.31. The molecule has 0 saturated carbocycles. The van der Waals surface area contributed by atoms with E-state index in [0.29, 0.717) is 11.6 Å². The predicted molar refractivity (Wildman–Crippen MR) is 47.0 cm³/mol. The van der Waals surface area contributed by atoms with Gasteiger partial charge >= 0.3 is 0 Å². The molecular weight excluding hydrogens is 146 g/mol. The Morgan fingerprint density at radius 1 is 1.20 bits per heavy atom. The van der Waals surface area contributed by atoms with Gasteiger partial charge in [-0.05, 0) is 25.8 Å². The topological polar surface area (TPSA) is 26.0 Å². The molecule has 0 aliphatic rings. The van der Waals surface area contributed by atoms with Crippen LogP contribution in [-0.2, 0) is 0 Å². The molecule has 0 unspecified atom stereocenters. The van der Waals surface area contributed by atoms with Gasteiger partial charge in [-0.15, -0.1) is 0 Å². The maximum Gasteiger partial charge on any atom is 0.0112 e. The van der Waals surface area contributed by atoms with E-state index in [4.69, 9.17) is 17.3 Å². The van der Waals surface area contributed by atoms with Crippen LogP contribution in [0.25, 0.3) is 0 Å². The quantitative estimate of drug-likeness (QED) is 0.613. The Kier molecular flexibility index (Phi) is 5.36. The van der Waals surface area contributed by atoms with Gasteiger partial charge in [-0.3, -0.25) is 0 Å². The van der Waals surface area contributed by atoms with Crippen molar-refractivity contribution in [2.45, 2.75) is 19.3 Å². The Balaban J connectivity index is 3.30. The molecule has 0 fully saturated rings. The Labute approximate surface area is 67.6 Å². The molecule has 0 aliphatic heterocycles. The van der Waals surface area contributed by atoms with Crippen molar-refractivity contribution in [2.24, 2.45) is 5.73 Å². The molecule has 1 nitrogen and oxygen atoms in total. The van der Waals surface area contributed by atoms with Gasteiger partial charge in [0.25, 0.3) is 0 Å². The van der Waals surface area contributed by atoms with Crippen molar-refractivity contribution in [3.05, 3.63) is 23.8 Å². The highest BCUT2D eigenvalue weighted by Crippen LogP contribution is 2.13. The van der Waals surface area contributed by atoms with Gasteiger partial charge < -0.3 is 5.73 Å². The van der Waals surface area contributed by atoms with Crippen LogP contribution in [0, 0.1) is 0 Å². The predicted octanol–water partition coefficient (Wildman–Crippen LogP) is 2.42. The molecule has 0 aromatic rings. The Morgan fingerprint density at radius 2 is 1.80 bits per heavy atom. The minimum atomic E-state index is 0.674. The van der Waals surface area contributed by atoms with Gasteiger partial charge in [0.2, 0.25) is 0 Å². The van der Waals surface area contributed by atoms with Crippen LogP contribution >= 0.6 is 11.6 Å². The summed E-state index contributed by atoms with van der Waals surface area (Å²) in [4.78, 5) is 0. The van der Waals surface area contributed by atoms with Crippen molar-refractivity contribution < 1.29 is 0 Å². The summed E-state index contributed by atoms with van der Waals surface area (Å²) in [5, 5.41) is 0.693. The summed E-state index contributed by atoms with van der Waals surface area (Å²) in [6, 6.07) is 0. The molecule has 0 spiro atoms. The van der Waals surface area contributed by atoms with Gasteiger partial charge in [-0.1, -0.05) is 30.3 Å². The number of rotatable bonds is 5. The molecule has 0 saturated heterocycles. The van der Waals surface area contributed by atoms with Crippen LogP contribution in [0.4, 0.5) is 0 Å². The summed E-state index contributed by atoms with van der Waals surface area (Å²) in [6.45, 7) is 8.09. The minimum absolute atomic E-state index is 0.674. The summed E-state index contributed by atoms with van der Waals surface area (Å²) in [5.41, 5.74) is 6.48. The molecule has 0 bridgehead atoms. The SMILES string of the molecule is C=C(Cl)CCC(=C)CCN. The highest BCUT2D eigenvalue weighted by Gasteiger charge is 1.93. The number of allylic oxidation sites excluding steroid dienone is 1. The number of nitrogens with two attached hydrogens (primary N) is 1. The molecule has 58 valence electrons. The largest absolute Gasteiger partial charge is 0.330 e. The molecule has 0 amide bonds. The first kappa shape index (κ1) is 9.73. The van der Waals surface area contributed by atoms with Crippen LogP contribution < -0.4 is 5.73 Å². The summed E-state index contributed by atoms with van der Waals surface area (Å²) in [7, 11) is 0. The van der Waals surface area contributed by atoms with E-state index >= 15 is 0 Å². The first-order valence-electron chi connectivity index (χ1n) is 3.36. The number of hydrogen-bond acceptors (Lipinski definition) is 1. The van der Waals surface area contributed by atoms with Gasteiger partial charge in [0, 0.05) is 5.03 Å². The van der Waals surface area contributed by atoms with E-state index in [2.05, 4.69) is 13.2 Å². The maximum atomic E-state index is 5.56. The fourth-order valence-corrected chi connectivity index (χ4v) is 0.736. The first-order valence-corrected chi connectivity index (χ1v) is 3.74. The molecular formula is C8H14ClN. The Hall–Kier alpha value is -0.270. The standard InChI is InChI=1S/C8H14ClN/c1-7(5-6-10)3-4-8(2)9/h1-6,10H2. The van der Waals surface area contributed by atoms with E-state index in [0.717, 1.165) is 24.8 Å². The third kappa shape index (κ3) is 5.86. The Bertz CT molecular complexity index is 129. The van der Waals surface area contributed by atoms with Crippen molar-refractivity contribution in [2.75, 3.05) is 6.54 Å². The van der Waals surface area contributed by atoms with Crippen LogP contribution in [0.5, 0.6) is 0 Å². The van der Waals surface area contributed by atoms with Gasteiger partial charge in [0.05, 0.1) is 0 Å². The number of halogens is 1. The van der Waals surface area contributed by atoms with Crippen molar-refractivity contribution in [1.29, 1.82) is 0 Å². The maximum absolute atomic E-state index is 5.56. The van der Waals surface area contributed by atoms with E-state index in [-0.39, 0.29) is 0 Å². The lowest BCUT2D eigenvalue weighted by atomic mass is 10.1. The van der Waals surface area contributed by atoms with Crippen LogP contribution in [0.3, 0.4) is 0 Å². The minimum Gasteiger partial charge on any atom is -0.330 e. The molecule has 0 atom stereocenters. The van der Waals surface area contributed by atoms with E-state index in [1.165, 1.54) is 0 Å².